The van der Waals surface area contributed by atoms with E-state index in [-0.39, 0.29) is 23.4 Å². The van der Waals surface area contributed by atoms with Gasteiger partial charge in [0.1, 0.15) is 18.3 Å². The molecule has 1 fully saturated rings. The largest absolute Gasteiger partial charge is 0.494 e. The Morgan fingerprint density at radius 1 is 0.978 bits per heavy atom. The van der Waals surface area contributed by atoms with E-state index in [0.29, 0.717) is 35.1 Å². The second-order valence-electron chi connectivity index (χ2n) is 11.0. The molecule has 11 heteroatoms. The van der Waals surface area contributed by atoms with E-state index in [0.717, 1.165) is 41.3 Å². The van der Waals surface area contributed by atoms with Gasteiger partial charge in [0, 0.05) is 22.5 Å². The number of nitrogens with zero attached hydrogens (tertiary/aromatic N) is 2. The van der Waals surface area contributed by atoms with Gasteiger partial charge < -0.3 is 15.0 Å². The number of ether oxygens (including phenoxy) is 1. The normalized spacial score (nSPS) is 14.4. The van der Waals surface area contributed by atoms with E-state index >= 15 is 0 Å². The van der Waals surface area contributed by atoms with Crippen LogP contribution in [0.15, 0.2) is 82.6 Å². The molecule has 1 aliphatic carbocycles. The van der Waals surface area contributed by atoms with Gasteiger partial charge in [-0.3, -0.25) is 13.9 Å². The van der Waals surface area contributed by atoms with E-state index in [4.69, 9.17) is 16.3 Å². The van der Waals surface area contributed by atoms with E-state index in [1.54, 1.807) is 60.7 Å². The van der Waals surface area contributed by atoms with Crippen LogP contribution in [0, 0.1) is 0 Å². The maximum absolute atomic E-state index is 14.4. The van der Waals surface area contributed by atoms with Crippen LogP contribution in [0.25, 0.3) is 0 Å². The van der Waals surface area contributed by atoms with Crippen LogP contribution in [0.4, 0.5) is 5.69 Å². The fraction of sp³-hybridized carbons (Fsp3) is 0.412. The molecule has 1 unspecified atom stereocenters. The van der Waals surface area contributed by atoms with Crippen LogP contribution in [-0.2, 0) is 26.2 Å². The number of rotatable bonds is 14. The van der Waals surface area contributed by atoms with Crippen molar-refractivity contribution < 1.29 is 22.7 Å². The average Bonchev–Trinajstić information content (AvgIpc) is 3.05. The lowest BCUT2D eigenvalue weighted by atomic mass is 9.95. The number of thioether (sulfide) groups is 1. The number of nitrogens with one attached hydrogen (secondary N) is 1. The summed E-state index contributed by atoms with van der Waals surface area (Å²) in [5, 5.41) is 3.62. The third-order valence-electron chi connectivity index (χ3n) is 8.00. The smallest absolute Gasteiger partial charge is 0.264 e. The minimum atomic E-state index is -4.18. The first-order valence-corrected chi connectivity index (χ1v) is 18.4. The number of amides is 2. The molecule has 1 N–H and O–H groups in total. The Kier molecular flexibility index (Phi) is 12.6. The number of hydrogen-bond donors (Lipinski definition) is 1. The lowest BCUT2D eigenvalue weighted by Crippen LogP contribution is -2.54. The quantitative estimate of drug-likeness (QED) is 0.187. The zero-order chi connectivity index (χ0) is 32.4. The molecule has 0 bridgehead atoms. The lowest BCUT2D eigenvalue weighted by Gasteiger charge is -2.34. The van der Waals surface area contributed by atoms with Gasteiger partial charge >= 0.3 is 0 Å². The Labute approximate surface area is 276 Å². The van der Waals surface area contributed by atoms with Crippen LogP contribution in [0.1, 0.15) is 57.9 Å². The molecule has 0 heterocycles. The Hall–Kier alpha value is -3.21. The molecule has 0 aliphatic heterocycles. The van der Waals surface area contributed by atoms with Crippen molar-refractivity contribution in [2.45, 2.75) is 80.8 Å². The van der Waals surface area contributed by atoms with E-state index < -0.39 is 28.5 Å². The number of hydrogen-bond acceptors (Lipinski definition) is 6. The predicted molar refractivity (Wildman–Crippen MR) is 181 cm³/mol. The van der Waals surface area contributed by atoms with Gasteiger partial charge in [0.15, 0.2) is 0 Å². The van der Waals surface area contributed by atoms with E-state index in [1.165, 1.54) is 16.7 Å². The Bertz CT molecular complexity index is 1530. The molecule has 1 atom stereocenters. The van der Waals surface area contributed by atoms with Crippen LogP contribution < -0.4 is 14.4 Å². The Balaban J connectivity index is 1.72. The molecule has 3 aromatic rings. The third kappa shape index (κ3) is 8.95. The first-order valence-electron chi connectivity index (χ1n) is 15.4. The van der Waals surface area contributed by atoms with Gasteiger partial charge in [-0.2, -0.15) is 0 Å². The molecule has 8 nitrogen and oxygen atoms in total. The highest BCUT2D eigenvalue weighted by molar-refractivity contribution is 7.98. The monoisotopic (exact) mass is 671 g/mol. The molecular formula is C34H42ClN3O5S2. The van der Waals surface area contributed by atoms with Crippen molar-refractivity contribution in [1.29, 1.82) is 0 Å². The van der Waals surface area contributed by atoms with E-state index in [1.807, 2.05) is 32.2 Å². The van der Waals surface area contributed by atoms with Crippen molar-refractivity contribution in [2.24, 2.45) is 0 Å². The van der Waals surface area contributed by atoms with Gasteiger partial charge in [-0.1, -0.05) is 56.0 Å². The van der Waals surface area contributed by atoms with Gasteiger partial charge in [-0.15, -0.1) is 11.8 Å². The standard InChI is InChI=1S/C34H42ClN3O5S2/c1-4-32(34(40)36-26-12-7-6-8-13-26)37(23-25-11-9-10-14-31(25)35)33(39)24-38(27-15-17-28(18-16-27)43-5-2)45(41,42)30-21-19-29(44-3)20-22-30/h9-11,14-22,26,32H,4-8,12-13,23-24H2,1-3H3,(H,36,40). The van der Waals surface area contributed by atoms with Crippen molar-refractivity contribution >= 4 is 50.9 Å². The number of anilines is 1. The molecule has 0 saturated heterocycles. The number of carbonyl (C=O) groups excluding carboxylic acids is 2. The molecule has 45 heavy (non-hydrogen) atoms. The summed E-state index contributed by atoms with van der Waals surface area (Å²) in [6.07, 6.45) is 7.32. The zero-order valence-electron chi connectivity index (χ0n) is 26.1. The summed E-state index contributed by atoms with van der Waals surface area (Å²) >= 11 is 8.02. The molecular weight excluding hydrogens is 630 g/mol. The van der Waals surface area contributed by atoms with Crippen molar-refractivity contribution in [3.63, 3.8) is 0 Å². The van der Waals surface area contributed by atoms with Crippen molar-refractivity contribution in [3.8, 4) is 5.75 Å². The molecule has 242 valence electrons. The highest BCUT2D eigenvalue weighted by Gasteiger charge is 2.34. The number of benzene rings is 3. The topological polar surface area (TPSA) is 96.0 Å². The van der Waals surface area contributed by atoms with Crippen molar-refractivity contribution in [2.75, 3.05) is 23.7 Å². The number of halogens is 1. The molecule has 2 amide bonds. The predicted octanol–water partition coefficient (Wildman–Crippen LogP) is 6.91. The molecule has 1 saturated carbocycles. The number of carbonyl (C=O) groups is 2. The second kappa shape index (κ2) is 16.4. The summed E-state index contributed by atoms with van der Waals surface area (Å²) in [4.78, 5) is 30.5. The van der Waals surface area contributed by atoms with Crippen LogP contribution >= 0.6 is 23.4 Å². The zero-order valence-corrected chi connectivity index (χ0v) is 28.5. The SMILES string of the molecule is CCOc1ccc(N(CC(=O)N(Cc2ccccc2Cl)C(CC)C(=O)NC2CCCCC2)S(=O)(=O)c2ccc(SC)cc2)cc1. The summed E-state index contributed by atoms with van der Waals surface area (Å²) in [5.41, 5.74) is 0.970. The first kappa shape index (κ1) is 34.7. The molecule has 0 radical (unpaired) electrons. The fourth-order valence-electron chi connectivity index (χ4n) is 5.55. The van der Waals surface area contributed by atoms with Gasteiger partial charge in [0.05, 0.1) is 17.2 Å². The minimum absolute atomic E-state index is 0.0503. The van der Waals surface area contributed by atoms with Crippen LogP contribution in [0.3, 0.4) is 0 Å². The van der Waals surface area contributed by atoms with E-state index in [9.17, 15) is 18.0 Å². The Morgan fingerprint density at radius 3 is 2.24 bits per heavy atom. The maximum atomic E-state index is 14.4. The van der Waals surface area contributed by atoms with Crippen molar-refractivity contribution in [1.82, 2.24) is 10.2 Å². The molecule has 3 aromatic carbocycles. The highest BCUT2D eigenvalue weighted by atomic mass is 35.5. The van der Waals surface area contributed by atoms with E-state index in [2.05, 4.69) is 5.32 Å². The van der Waals surface area contributed by atoms with Crippen LogP contribution in [-0.4, -0.2) is 56.6 Å². The number of sulfonamides is 1. The summed E-state index contributed by atoms with van der Waals surface area (Å²) in [6, 6.07) is 19.6. The summed E-state index contributed by atoms with van der Waals surface area (Å²) in [5.74, 6) is -0.174. The lowest BCUT2D eigenvalue weighted by molar-refractivity contribution is -0.140. The second-order valence-corrected chi connectivity index (χ2v) is 14.1. The van der Waals surface area contributed by atoms with Crippen molar-refractivity contribution in [3.05, 3.63) is 83.4 Å². The average molecular weight is 672 g/mol. The van der Waals surface area contributed by atoms with Crippen LogP contribution in [0.2, 0.25) is 5.02 Å². The van der Waals surface area contributed by atoms with Crippen LogP contribution in [0.5, 0.6) is 5.75 Å². The molecule has 0 aromatic heterocycles. The van der Waals surface area contributed by atoms with Gasteiger partial charge in [0.2, 0.25) is 11.8 Å². The Morgan fingerprint density at radius 2 is 1.64 bits per heavy atom. The van der Waals surface area contributed by atoms with Gasteiger partial charge in [0.25, 0.3) is 10.0 Å². The summed E-state index contributed by atoms with van der Waals surface area (Å²) < 4.78 is 35.0. The fourth-order valence-corrected chi connectivity index (χ4v) is 7.57. The minimum Gasteiger partial charge on any atom is -0.494 e. The van der Waals surface area contributed by atoms with Gasteiger partial charge in [-0.25, -0.2) is 8.42 Å². The molecule has 0 spiro atoms. The molecule has 1 aliphatic rings. The maximum Gasteiger partial charge on any atom is 0.264 e. The first-order chi connectivity index (χ1) is 21.7. The highest BCUT2D eigenvalue weighted by Crippen LogP contribution is 2.29. The third-order valence-corrected chi connectivity index (χ3v) is 10.9. The van der Waals surface area contributed by atoms with Gasteiger partial charge in [-0.05, 0) is 92.6 Å². The molecule has 4 rings (SSSR count). The summed E-state index contributed by atoms with van der Waals surface area (Å²) in [7, 11) is -4.18. The summed E-state index contributed by atoms with van der Waals surface area (Å²) in [6.45, 7) is 3.71.